The number of hydrogen-bond acceptors (Lipinski definition) is 7. The molecule has 204 valence electrons. The number of Topliss-reactive ketones (excluding diaryl/α,β-unsaturated/α-hetero) is 1. The van der Waals surface area contributed by atoms with E-state index >= 15 is 0 Å². The number of carbonyl (C=O) groups excluding carboxylic acids is 1. The van der Waals surface area contributed by atoms with E-state index < -0.39 is 22.6 Å². The van der Waals surface area contributed by atoms with Gasteiger partial charge in [0.25, 0.3) is 5.69 Å². The number of carbonyl (C=O) groups is 1. The molecule has 2 aliphatic rings. The second-order valence-electron chi connectivity index (χ2n) is 9.77. The summed E-state index contributed by atoms with van der Waals surface area (Å²) >= 11 is 3.53. The number of allylic oxidation sites excluding steroid dienone is 2. The van der Waals surface area contributed by atoms with E-state index in [0.717, 1.165) is 36.7 Å². The molecular weight excluding hydrogens is 569 g/mol. The lowest BCUT2D eigenvalue weighted by molar-refractivity contribution is -0.385. The maximum Gasteiger partial charge on any atom is 0.276 e. The number of nitrogens with zero attached hydrogens (tertiary/aromatic N) is 3. The summed E-state index contributed by atoms with van der Waals surface area (Å²) in [4.78, 5) is 28.9. The van der Waals surface area contributed by atoms with E-state index in [0.29, 0.717) is 46.5 Å². The number of halogens is 2. The van der Waals surface area contributed by atoms with Crippen LogP contribution in [0.4, 0.5) is 10.1 Å². The normalized spacial score (nSPS) is 20.7. The quantitative estimate of drug-likeness (QED) is 0.223. The summed E-state index contributed by atoms with van der Waals surface area (Å²) in [5.74, 6) is -0.884. The van der Waals surface area contributed by atoms with Crippen LogP contribution in [0.2, 0.25) is 0 Å². The fourth-order valence-corrected chi connectivity index (χ4v) is 6.02. The third-order valence-electron chi connectivity index (χ3n) is 7.11. The molecule has 39 heavy (non-hydrogen) atoms. The fraction of sp³-hybridized carbons (Fsp3) is 0.414. The van der Waals surface area contributed by atoms with Crippen molar-refractivity contribution in [2.24, 2.45) is 16.8 Å². The number of rotatable bonds is 9. The van der Waals surface area contributed by atoms with Crippen molar-refractivity contribution in [3.05, 3.63) is 73.1 Å². The standard InChI is InChI=1S/C29H29BrFN3O5/c1-4-6-17-9-23-28(25(35)10-17)27(21(14-32)16(3)33-23)18-12-22(30)29(26(13-18)38-5-2)39-15-19-11-20(31)7-8-24(19)34(36)37/h7-8,11-13,17,21,27H,4-6,9-10,15H2,1-3H3. The van der Waals surface area contributed by atoms with Crippen LogP contribution in [0.1, 0.15) is 63.5 Å². The van der Waals surface area contributed by atoms with Gasteiger partial charge in [0, 0.05) is 35.4 Å². The van der Waals surface area contributed by atoms with Gasteiger partial charge in [0.15, 0.2) is 17.3 Å². The summed E-state index contributed by atoms with van der Waals surface area (Å²) in [6, 6.07) is 9.06. The zero-order valence-electron chi connectivity index (χ0n) is 22.0. The lowest BCUT2D eigenvalue weighted by Gasteiger charge is -2.35. The van der Waals surface area contributed by atoms with Gasteiger partial charge in [-0.2, -0.15) is 5.26 Å². The van der Waals surface area contributed by atoms with E-state index in [1.54, 1.807) is 19.1 Å². The van der Waals surface area contributed by atoms with Crippen molar-refractivity contribution in [3.63, 3.8) is 0 Å². The number of nitro groups is 1. The Morgan fingerprint density at radius 1 is 1.23 bits per heavy atom. The summed E-state index contributed by atoms with van der Waals surface area (Å²) in [6.07, 6.45) is 3.06. The third kappa shape index (κ3) is 5.88. The predicted octanol–water partition coefficient (Wildman–Crippen LogP) is 7.21. The molecule has 0 N–H and O–H groups in total. The van der Waals surface area contributed by atoms with Crippen LogP contribution in [-0.2, 0) is 11.4 Å². The molecule has 1 aliphatic carbocycles. The second kappa shape index (κ2) is 12.1. The highest BCUT2D eigenvalue weighted by molar-refractivity contribution is 9.10. The lowest BCUT2D eigenvalue weighted by atomic mass is 9.70. The van der Waals surface area contributed by atoms with Crippen LogP contribution in [0.5, 0.6) is 11.5 Å². The molecule has 3 atom stereocenters. The van der Waals surface area contributed by atoms with E-state index in [1.807, 2.05) is 6.92 Å². The van der Waals surface area contributed by atoms with Gasteiger partial charge in [0.05, 0.1) is 33.6 Å². The summed E-state index contributed by atoms with van der Waals surface area (Å²) < 4.78 is 26.1. The first kappa shape index (κ1) is 28.4. The Kier molecular flexibility index (Phi) is 8.80. The summed E-state index contributed by atoms with van der Waals surface area (Å²) in [6.45, 7) is 5.75. The molecule has 4 rings (SSSR count). The maximum atomic E-state index is 13.8. The average Bonchev–Trinajstić information content (AvgIpc) is 2.87. The predicted molar refractivity (Wildman–Crippen MR) is 147 cm³/mol. The van der Waals surface area contributed by atoms with Crippen molar-refractivity contribution in [2.45, 2.75) is 59.0 Å². The molecule has 0 saturated heterocycles. The van der Waals surface area contributed by atoms with E-state index in [2.05, 4.69) is 28.9 Å². The smallest absolute Gasteiger partial charge is 0.276 e. The van der Waals surface area contributed by atoms with Crippen LogP contribution in [0.25, 0.3) is 0 Å². The Balaban J connectivity index is 1.75. The molecule has 0 spiro atoms. The Morgan fingerprint density at radius 2 is 2.00 bits per heavy atom. The monoisotopic (exact) mass is 597 g/mol. The summed E-state index contributed by atoms with van der Waals surface area (Å²) in [7, 11) is 0. The average molecular weight is 598 g/mol. The van der Waals surface area contributed by atoms with Gasteiger partial charge < -0.3 is 9.47 Å². The van der Waals surface area contributed by atoms with E-state index in [9.17, 15) is 24.6 Å². The van der Waals surface area contributed by atoms with Gasteiger partial charge in [-0.1, -0.05) is 13.3 Å². The van der Waals surface area contributed by atoms with Crippen molar-refractivity contribution < 1.29 is 23.6 Å². The number of aliphatic imine (C=N–C) groups is 1. The van der Waals surface area contributed by atoms with E-state index in [-0.39, 0.29) is 35.3 Å². The first-order valence-corrected chi connectivity index (χ1v) is 13.7. The SMILES string of the molecule is CCCC1CC(=O)C2=C(C1)N=C(C)C(C#N)C2c1cc(Br)c(OCc2cc(F)ccc2[N+](=O)[O-])c(OCC)c1. The molecule has 0 aromatic heterocycles. The van der Waals surface area contributed by atoms with Crippen LogP contribution in [0, 0.1) is 39.1 Å². The Hall–Kier alpha value is -3.58. The minimum absolute atomic E-state index is 0.0176. The lowest BCUT2D eigenvalue weighted by Crippen LogP contribution is -2.32. The van der Waals surface area contributed by atoms with E-state index in [4.69, 9.17) is 14.5 Å². The molecule has 1 aliphatic heterocycles. The molecule has 2 aromatic carbocycles. The highest BCUT2D eigenvalue weighted by atomic mass is 79.9. The van der Waals surface area contributed by atoms with Gasteiger partial charge in [0.1, 0.15) is 12.4 Å². The van der Waals surface area contributed by atoms with E-state index in [1.165, 1.54) is 0 Å². The zero-order valence-corrected chi connectivity index (χ0v) is 23.6. The first-order chi connectivity index (χ1) is 18.7. The molecular formula is C29H29BrFN3O5. The van der Waals surface area contributed by atoms with Crippen LogP contribution in [0.15, 0.2) is 51.1 Å². The van der Waals surface area contributed by atoms with Crippen LogP contribution >= 0.6 is 15.9 Å². The van der Waals surface area contributed by atoms with Crippen LogP contribution < -0.4 is 9.47 Å². The number of nitriles is 1. The van der Waals surface area contributed by atoms with Crippen LogP contribution in [0.3, 0.4) is 0 Å². The number of nitro benzene ring substituents is 1. The molecule has 3 unspecified atom stereocenters. The van der Waals surface area contributed by atoms with Gasteiger partial charge in [-0.3, -0.25) is 19.9 Å². The van der Waals surface area contributed by atoms with Crippen molar-refractivity contribution in [3.8, 4) is 17.6 Å². The molecule has 0 saturated carbocycles. The highest BCUT2D eigenvalue weighted by Crippen LogP contribution is 2.48. The molecule has 0 fully saturated rings. The minimum atomic E-state index is -0.626. The first-order valence-electron chi connectivity index (χ1n) is 12.9. The van der Waals surface area contributed by atoms with Crippen LogP contribution in [-0.4, -0.2) is 23.0 Å². The molecule has 10 heteroatoms. The Labute approximate surface area is 234 Å². The number of benzene rings is 2. The van der Waals surface area contributed by atoms with Crippen molar-refractivity contribution in [2.75, 3.05) is 6.61 Å². The second-order valence-corrected chi connectivity index (χ2v) is 10.6. The van der Waals surface area contributed by atoms with Gasteiger partial charge in [-0.25, -0.2) is 4.39 Å². The molecule has 8 nitrogen and oxygen atoms in total. The molecule has 0 radical (unpaired) electrons. The third-order valence-corrected chi connectivity index (χ3v) is 7.70. The number of ketones is 1. The van der Waals surface area contributed by atoms with Gasteiger partial charge in [-0.15, -0.1) is 0 Å². The summed E-state index contributed by atoms with van der Waals surface area (Å²) in [5, 5.41) is 21.5. The topological polar surface area (TPSA) is 115 Å². The Morgan fingerprint density at radius 3 is 2.67 bits per heavy atom. The largest absolute Gasteiger partial charge is 0.490 e. The van der Waals surface area contributed by atoms with Crippen molar-refractivity contribution in [1.29, 1.82) is 5.26 Å². The van der Waals surface area contributed by atoms with Crippen molar-refractivity contribution >= 4 is 33.1 Å². The molecule has 1 heterocycles. The van der Waals surface area contributed by atoms with Gasteiger partial charge >= 0.3 is 0 Å². The minimum Gasteiger partial charge on any atom is -0.490 e. The Bertz CT molecular complexity index is 1410. The molecule has 0 amide bonds. The van der Waals surface area contributed by atoms with Crippen molar-refractivity contribution in [1.82, 2.24) is 0 Å². The number of hydrogen-bond donors (Lipinski definition) is 0. The highest BCUT2D eigenvalue weighted by Gasteiger charge is 2.41. The molecule has 2 aromatic rings. The zero-order chi connectivity index (χ0) is 28.3. The number of ether oxygens (including phenoxy) is 2. The molecule has 0 bridgehead atoms. The van der Waals surface area contributed by atoms with Gasteiger partial charge in [0.2, 0.25) is 0 Å². The fourth-order valence-electron chi connectivity index (χ4n) is 5.45. The maximum absolute atomic E-state index is 13.8. The van der Waals surface area contributed by atoms with Gasteiger partial charge in [-0.05, 0) is 78.4 Å². The summed E-state index contributed by atoms with van der Waals surface area (Å²) in [5.41, 5.74) is 2.52.